The molecule has 0 radical (unpaired) electrons. The van der Waals surface area contributed by atoms with E-state index >= 15 is 0 Å². The summed E-state index contributed by atoms with van der Waals surface area (Å²) in [7, 11) is 0. The average molecular weight is 272 g/mol. The van der Waals surface area contributed by atoms with Crippen molar-refractivity contribution in [1.82, 2.24) is 5.32 Å². The van der Waals surface area contributed by atoms with Gasteiger partial charge >= 0.3 is 0 Å². The minimum Gasteiger partial charge on any atom is -0.348 e. The van der Waals surface area contributed by atoms with Crippen molar-refractivity contribution < 1.29 is 4.79 Å². The Morgan fingerprint density at radius 1 is 1.00 bits per heavy atom. The molecule has 2 aromatic carbocycles. The highest BCUT2D eigenvalue weighted by molar-refractivity contribution is 6.30. The van der Waals surface area contributed by atoms with Crippen molar-refractivity contribution in [1.29, 1.82) is 0 Å². The lowest BCUT2D eigenvalue weighted by Gasteiger charge is -2.08. The average Bonchev–Trinajstić information content (AvgIpc) is 2.46. The molecule has 2 rings (SSSR count). The predicted molar refractivity (Wildman–Crippen MR) is 79.3 cm³/mol. The van der Waals surface area contributed by atoms with Gasteiger partial charge in [-0.15, -0.1) is 0 Å². The van der Waals surface area contributed by atoms with Crippen LogP contribution in [0, 0.1) is 0 Å². The summed E-state index contributed by atoms with van der Waals surface area (Å²) in [6, 6.07) is 16.5. The molecule has 0 saturated carbocycles. The Hall–Kier alpha value is -2.06. The Balaban J connectivity index is 1.94. The fourth-order valence-corrected chi connectivity index (χ4v) is 1.79. The fraction of sp³-hybridized carbons (Fsp3) is 0.0625. The van der Waals surface area contributed by atoms with E-state index in [4.69, 9.17) is 11.6 Å². The minimum atomic E-state index is -0.101. The summed E-state index contributed by atoms with van der Waals surface area (Å²) in [5.74, 6) is -0.101. The van der Waals surface area contributed by atoms with Crippen LogP contribution < -0.4 is 5.32 Å². The minimum absolute atomic E-state index is 0.101. The summed E-state index contributed by atoms with van der Waals surface area (Å²) in [4.78, 5) is 11.9. The van der Waals surface area contributed by atoms with Crippen LogP contribution in [-0.2, 0) is 0 Å². The van der Waals surface area contributed by atoms with Crippen LogP contribution in [0.5, 0.6) is 0 Å². The molecule has 0 fully saturated rings. The molecule has 1 N–H and O–H groups in total. The Morgan fingerprint density at radius 2 is 1.63 bits per heavy atom. The zero-order valence-electron chi connectivity index (χ0n) is 10.4. The smallest absolute Gasteiger partial charge is 0.251 e. The standard InChI is InChI=1S/C16H14ClNO/c1-12(13-7-9-15(17)10-8-13)11-18-16(19)14-5-3-2-4-6-14/h2-10H,1,11H2,(H,18,19). The summed E-state index contributed by atoms with van der Waals surface area (Å²) >= 11 is 5.82. The van der Waals surface area contributed by atoms with Gasteiger partial charge in [0.2, 0.25) is 0 Å². The highest BCUT2D eigenvalue weighted by atomic mass is 35.5. The van der Waals surface area contributed by atoms with Gasteiger partial charge in [-0.2, -0.15) is 0 Å². The Morgan fingerprint density at radius 3 is 2.26 bits per heavy atom. The second-order valence-corrected chi connectivity index (χ2v) is 4.60. The first-order valence-electron chi connectivity index (χ1n) is 5.94. The third-order valence-electron chi connectivity index (χ3n) is 2.75. The van der Waals surface area contributed by atoms with Crippen molar-refractivity contribution in [2.75, 3.05) is 6.54 Å². The number of hydrogen-bond acceptors (Lipinski definition) is 1. The second-order valence-electron chi connectivity index (χ2n) is 4.16. The SMILES string of the molecule is C=C(CNC(=O)c1ccccc1)c1ccc(Cl)cc1. The van der Waals surface area contributed by atoms with Crippen LogP contribution in [0.25, 0.3) is 5.57 Å². The van der Waals surface area contributed by atoms with Gasteiger partial charge in [0.05, 0.1) is 0 Å². The van der Waals surface area contributed by atoms with Gasteiger partial charge in [-0.1, -0.05) is 48.5 Å². The molecule has 0 unspecified atom stereocenters. The van der Waals surface area contributed by atoms with E-state index in [1.807, 2.05) is 30.3 Å². The lowest BCUT2D eigenvalue weighted by atomic mass is 10.1. The second kappa shape index (κ2) is 6.21. The number of carbonyl (C=O) groups excluding carboxylic acids is 1. The lowest BCUT2D eigenvalue weighted by molar-refractivity contribution is 0.0958. The van der Waals surface area contributed by atoms with E-state index in [9.17, 15) is 4.79 Å². The van der Waals surface area contributed by atoms with E-state index in [0.29, 0.717) is 17.1 Å². The number of benzene rings is 2. The van der Waals surface area contributed by atoms with Gasteiger partial charge in [0.1, 0.15) is 0 Å². The van der Waals surface area contributed by atoms with Gasteiger partial charge in [0.25, 0.3) is 5.91 Å². The predicted octanol–water partition coefficient (Wildman–Crippen LogP) is 3.78. The first kappa shape index (κ1) is 13.4. The molecule has 0 aliphatic rings. The largest absolute Gasteiger partial charge is 0.348 e. The fourth-order valence-electron chi connectivity index (χ4n) is 1.67. The third kappa shape index (κ3) is 3.70. The molecule has 0 saturated heterocycles. The molecule has 0 aromatic heterocycles. The van der Waals surface area contributed by atoms with Crippen molar-refractivity contribution >= 4 is 23.1 Å². The van der Waals surface area contributed by atoms with Crippen LogP contribution >= 0.6 is 11.6 Å². The molecule has 3 heteroatoms. The monoisotopic (exact) mass is 271 g/mol. The number of nitrogens with one attached hydrogen (secondary N) is 1. The molecule has 2 aromatic rings. The van der Waals surface area contributed by atoms with Crippen molar-refractivity contribution in [2.45, 2.75) is 0 Å². The molecule has 0 spiro atoms. The number of amides is 1. The topological polar surface area (TPSA) is 29.1 Å². The number of halogens is 1. The van der Waals surface area contributed by atoms with E-state index in [-0.39, 0.29) is 5.91 Å². The lowest BCUT2D eigenvalue weighted by Crippen LogP contribution is -2.24. The van der Waals surface area contributed by atoms with Crippen LogP contribution in [0.15, 0.2) is 61.2 Å². The number of hydrogen-bond donors (Lipinski definition) is 1. The van der Waals surface area contributed by atoms with Crippen molar-refractivity contribution in [3.63, 3.8) is 0 Å². The summed E-state index contributed by atoms with van der Waals surface area (Å²) in [6.45, 7) is 4.37. The Bertz CT molecular complexity index is 575. The van der Waals surface area contributed by atoms with Crippen LogP contribution in [0.3, 0.4) is 0 Å². The third-order valence-corrected chi connectivity index (χ3v) is 3.00. The molecule has 0 bridgehead atoms. The zero-order chi connectivity index (χ0) is 13.7. The molecule has 0 aliphatic carbocycles. The van der Waals surface area contributed by atoms with Gasteiger partial charge < -0.3 is 5.32 Å². The Labute approximate surface area is 117 Å². The molecule has 19 heavy (non-hydrogen) atoms. The maximum Gasteiger partial charge on any atom is 0.251 e. The Kier molecular flexibility index (Phi) is 4.37. The van der Waals surface area contributed by atoms with E-state index < -0.39 is 0 Å². The van der Waals surface area contributed by atoms with Crippen LogP contribution in [0.1, 0.15) is 15.9 Å². The summed E-state index contributed by atoms with van der Waals surface area (Å²) in [6.07, 6.45) is 0. The van der Waals surface area contributed by atoms with Crippen molar-refractivity contribution in [3.05, 3.63) is 77.3 Å². The first-order valence-corrected chi connectivity index (χ1v) is 6.31. The van der Waals surface area contributed by atoms with E-state index in [2.05, 4.69) is 11.9 Å². The molecule has 2 nitrogen and oxygen atoms in total. The van der Waals surface area contributed by atoms with Gasteiger partial charge in [-0.05, 0) is 35.4 Å². The van der Waals surface area contributed by atoms with Crippen LogP contribution in [0.4, 0.5) is 0 Å². The highest BCUT2D eigenvalue weighted by Gasteiger charge is 2.05. The van der Waals surface area contributed by atoms with Gasteiger partial charge in [-0.3, -0.25) is 4.79 Å². The highest BCUT2D eigenvalue weighted by Crippen LogP contribution is 2.15. The summed E-state index contributed by atoms with van der Waals surface area (Å²) < 4.78 is 0. The molecule has 0 atom stereocenters. The first-order chi connectivity index (χ1) is 9.16. The summed E-state index contributed by atoms with van der Waals surface area (Å²) in [5, 5.41) is 3.53. The maximum atomic E-state index is 11.9. The van der Waals surface area contributed by atoms with Gasteiger partial charge in [0.15, 0.2) is 0 Å². The van der Waals surface area contributed by atoms with E-state index in [1.54, 1.807) is 24.3 Å². The molecule has 1 amide bonds. The van der Waals surface area contributed by atoms with Crippen LogP contribution in [0.2, 0.25) is 5.02 Å². The number of carbonyl (C=O) groups is 1. The molecular formula is C16H14ClNO. The normalized spacial score (nSPS) is 9.95. The molecule has 0 aliphatic heterocycles. The van der Waals surface area contributed by atoms with E-state index in [1.165, 1.54) is 0 Å². The van der Waals surface area contributed by atoms with E-state index in [0.717, 1.165) is 11.1 Å². The van der Waals surface area contributed by atoms with Gasteiger partial charge in [0, 0.05) is 17.1 Å². The molecule has 0 heterocycles. The molecular weight excluding hydrogens is 258 g/mol. The molecule has 96 valence electrons. The van der Waals surface area contributed by atoms with Crippen LogP contribution in [-0.4, -0.2) is 12.5 Å². The quantitative estimate of drug-likeness (QED) is 0.901. The zero-order valence-corrected chi connectivity index (χ0v) is 11.2. The maximum absolute atomic E-state index is 11.9. The van der Waals surface area contributed by atoms with Crippen molar-refractivity contribution in [3.8, 4) is 0 Å². The number of rotatable bonds is 4. The van der Waals surface area contributed by atoms with Crippen molar-refractivity contribution in [2.24, 2.45) is 0 Å². The summed E-state index contributed by atoms with van der Waals surface area (Å²) in [5.41, 5.74) is 2.46. The van der Waals surface area contributed by atoms with Gasteiger partial charge in [-0.25, -0.2) is 0 Å².